The summed E-state index contributed by atoms with van der Waals surface area (Å²) in [5.41, 5.74) is 9.63. The third-order valence-electron chi connectivity index (χ3n) is 2.69. The van der Waals surface area contributed by atoms with Crippen molar-refractivity contribution >= 4 is 11.9 Å². The molecule has 0 atom stereocenters. The Bertz CT molecular complexity index is 748. The van der Waals surface area contributed by atoms with Crippen molar-refractivity contribution in [2.45, 2.75) is 6.61 Å². The summed E-state index contributed by atoms with van der Waals surface area (Å²) in [4.78, 5) is 8.18. The van der Waals surface area contributed by atoms with E-state index in [1.807, 2.05) is 35.0 Å². The Morgan fingerprint density at radius 1 is 1.40 bits per heavy atom. The van der Waals surface area contributed by atoms with Gasteiger partial charge in [0, 0.05) is 18.5 Å². The lowest BCUT2D eigenvalue weighted by molar-refractivity contribution is 0.195. The fraction of sp³-hybridized carbons (Fsp3) is 0.0714. The molecule has 0 aromatic carbocycles. The SMILES string of the molecule is NC1=C(F)C=NC(OCc2cn3ccccc3n2)=C=C1. The molecule has 1 aliphatic heterocycles. The van der Waals surface area contributed by atoms with Crippen LogP contribution in [0.1, 0.15) is 5.69 Å². The second-order valence-corrected chi connectivity index (χ2v) is 4.14. The van der Waals surface area contributed by atoms with Crippen molar-refractivity contribution in [3.05, 3.63) is 65.5 Å². The number of pyridine rings is 1. The predicted molar refractivity (Wildman–Crippen MR) is 72.4 cm³/mol. The molecule has 0 bridgehead atoms. The van der Waals surface area contributed by atoms with Crippen LogP contribution in [0.5, 0.6) is 0 Å². The number of halogens is 1. The van der Waals surface area contributed by atoms with E-state index in [1.165, 1.54) is 6.08 Å². The lowest BCUT2D eigenvalue weighted by atomic mass is 10.4. The fourth-order valence-corrected chi connectivity index (χ4v) is 1.71. The molecule has 0 spiro atoms. The van der Waals surface area contributed by atoms with Crippen LogP contribution in [0.15, 0.2) is 64.8 Å². The van der Waals surface area contributed by atoms with Gasteiger partial charge in [-0.15, -0.1) is 0 Å². The first kappa shape index (κ1) is 12.2. The summed E-state index contributed by atoms with van der Waals surface area (Å²) in [6, 6.07) is 5.72. The number of rotatable bonds is 3. The van der Waals surface area contributed by atoms with Gasteiger partial charge in [0.25, 0.3) is 5.88 Å². The standard InChI is InChI=1S/C14H11FN4O/c15-11-7-17-14(5-4-12(11)16)20-9-10-8-19-6-2-1-3-13(19)18-10/h1-4,6-8H,9,16H2. The Balaban J connectivity index is 1.74. The van der Waals surface area contributed by atoms with Gasteiger partial charge in [-0.1, -0.05) is 11.8 Å². The highest BCUT2D eigenvalue weighted by atomic mass is 19.1. The number of hydrogen-bond donors (Lipinski definition) is 1. The van der Waals surface area contributed by atoms with Crippen LogP contribution < -0.4 is 5.73 Å². The maximum atomic E-state index is 13.2. The molecule has 20 heavy (non-hydrogen) atoms. The van der Waals surface area contributed by atoms with Crippen LogP contribution in [0.25, 0.3) is 5.65 Å². The smallest absolute Gasteiger partial charge is 0.260 e. The van der Waals surface area contributed by atoms with Gasteiger partial charge in [-0.3, -0.25) is 0 Å². The highest BCUT2D eigenvalue weighted by molar-refractivity contribution is 5.78. The molecule has 0 saturated carbocycles. The van der Waals surface area contributed by atoms with Gasteiger partial charge in [0.1, 0.15) is 12.3 Å². The number of fused-ring (bicyclic) bond motifs is 1. The van der Waals surface area contributed by atoms with E-state index in [9.17, 15) is 4.39 Å². The first-order valence-corrected chi connectivity index (χ1v) is 5.94. The van der Waals surface area contributed by atoms with E-state index >= 15 is 0 Å². The van der Waals surface area contributed by atoms with Crippen LogP contribution in [0, 0.1) is 0 Å². The zero-order valence-electron chi connectivity index (χ0n) is 10.5. The molecule has 1 aliphatic rings. The molecule has 0 aliphatic carbocycles. The number of aliphatic imine (C=N–C) groups is 1. The summed E-state index contributed by atoms with van der Waals surface area (Å²) in [6.45, 7) is 0.219. The average molecular weight is 270 g/mol. The normalized spacial score (nSPS) is 14.6. The molecule has 6 heteroatoms. The van der Waals surface area contributed by atoms with Crippen molar-refractivity contribution in [3.63, 3.8) is 0 Å². The van der Waals surface area contributed by atoms with Gasteiger partial charge in [0.05, 0.1) is 17.6 Å². The number of ether oxygens (including phenoxy) is 1. The van der Waals surface area contributed by atoms with Crippen molar-refractivity contribution in [1.29, 1.82) is 0 Å². The Morgan fingerprint density at radius 2 is 2.30 bits per heavy atom. The molecule has 0 radical (unpaired) electrons. The summed E-state index contributed by atoms with van der Waals surface area (Å²) in [6.07, 6.45) is 6.05. The first-order chi connectivity index (χ1) is 9.72. The van der Waals surface area contributed by atoms with Crippen LogP contribution in [0.3, 0.4) is 0 Å². The molecule has 0 fully saturated rings. The van der Waals surface area contributed by atoms with Crippen LogP contribution in [-0.2, 0) is 11.3 Å². The summed E-state index contributed by atoms with van der Waals surface area (Å²) in [7, 11) is 0. The van der Waals surface area contributed by atoms with E-state index in [4.69, 9.17) is 10.5 Å². The Hall–Kier alpha value is -2.85. The number of nitrogens with zero attached hydrogens (tertiary/aromatic N) is 3. The second kappa shape index (κ2) is 5.03. The van der Waals surface area contributed by atoms with Gasteiger partial charge in [-0.2, -0.15) is 0 Å². The quantitative estimate of drug-likeness (QED) is 0.868. The minimum absolute atomic E-state index is 0.0277. The van der Waals surface area contributed by atoms with Crippen molar-refractivity contribution in [3.8, 4) is 0 Å². The van der Waals surface area contributed by atoms with E-state index in [-0.39, 0.29) is 18.2 Å². The summed E-state index contributed by atoms with van der Waals surface area (Å²) >= 11 is 0. The maximum Gasteiger partial charge on any atom is 0.260 e. The third kappa shape index (κ3) is 2.46. The van der Waals surface area contributed by atoms with Gasteiger partial charge in [-0.05, 0) is 12.1 Å². The van der Waals surface area contributed by atoms with Crippen molar-refractivity contribution in [1.82, 2.24) is 9.38 Å². The first-order valence-electron chi connectivity index (χ1n) is 5.94. The zero-order valence-corrected chi connectivity index (χ0v) is 10.5. The minimum Gasteiger partial charge on any atom is -0.465 e. The highest BCUT2D eigenvalue weighted by Gasteiger charge is 2.05. The number of imidazole rings is 1. The molecule has 0 saturated heterocycles. The van der Waals surface area contributed by atoms with Crippen molar-refractivity contribution in [2.75, 3.05) is 0 Å². The molecular weight excluding hydrogens is 259 g/mol. The molecule has 5 nitrogen and oxygen atoms in total. The molecule has 2 aromatic rings. The van der Waals surface area contributed by atoms with E-state index in [1.54, 1.807) is 0 Å². The lowest BCUT2D eigenvalue weighted by Gasteiger charge is -2.00. The van der Waals surface area contributed by atoms with Crippen LogP contribution >= 0.6 is 0 Å². The lowest BCUT2D eigenvalue weighted by Crippen LogP contribution is -1.95. The highest BCUT2D eigenvalue weighted by Crippen LogP contribution is 2.11. The monoisotopic (exact) mass is 270 g/mol. The molecule has 2 N–H and O–H groups in total. The summed E-state index contributed by atoms with van der Waals surface area (Å²) < 4.78 is 20.5. The Kier molecular flexibility index (Phi) is 3.07. The van der Waals surface area contributed by atoms with Crippen molar-refractivity contribution in [2.24, 2.45) is 10.7 Å². The second-order valence-electron chi connectivity index (χ2n) is 4.14. The van der Waals surface area contributed by atoms with E-state index in [2.05, 4.69) is 15.7 Å². The van der Waals surface area contributed by atoms with Gasteiger partial charge < -0.3 is 14.9 Å². The van der Waals surface area contributed by atoms with Crippen LogP contribution in [0.2, 0.25) is 0 Å². The molecule has 100 valence electrons. The molecule has 3 heterocycles. The molecule has 2 aromatic heterocycles. The molecule has 0 amide bonds. The zero-order chi connectivity index (χ0) is 13.9. The van der Waals surface area contributed by atoms with E-state index in [0.29, 0.717) is 0 Å². The third-order valence-corrected chi connectivity index (χ3v) is 2.69. The van der Waals surface area contributed by atoms with Gasteiger partial charge in [-0.25, -0.2) is 14.4 Å². The minimum atomic E-state index is -0.608. The Labute approximate surface area is 114 Å². The Morgan fingerprint density at radius 3 is 3.15 bits per heavy atom. The molecule has 0 unspecified atom stereocenters. The predicted octanol–water partition coefficient (Wildman–Crippen LogP) is 2.07. The molecular formula is C14H11FN4O. The maximum absolute atomic E-state index is 13.2. The molecule has 3 rings (SSSR count). The van der Waals surface area contributed by atoms with Crippen LogP contribution in [0.4, 0.5) is 4.39 Å². The van der Waals surface area contributed by atoms with E-state index < -0.39 is 5.83 Å². The fourth-order valence-electron chi connectivity index (χ4n) is 1.71. The van der Waals surface area contributed by atoms with Crippen molar-refractivity contribution < 1.29 is 9.13 Å². The van der Waals surface area contributed by atoms with Gasteiger partial charge in [0.15, 0.2) is 5.83 Å². The largest absolute Gasteiger partial charge is 0.465 e. The number of nitrogens with two attached hydrogens (primary N) is 1. The van der Waals surface area contributed by atoms with Crippen LogP contribution in [-0.4, -0.2) is 15.6 Å². The van der Waals surface area contributed by atoms with Gasteiger partial charge >= 0.3 is 0 Å². The van der Waals surface area contributed by atoms with Gasteiger partial charge in [0.2, 0.25) is 0 Å². The number of hydrogen-bond acceptors (Lipinski definition) is 4. The topological polar surface area (TPSA) is 64.9 Å². The number of aromatic nitrogens is 2. The van der Waals surface area contributed by atoms with E-state index in [0.717, 1.165) is 17.6 Å². The summed E-state index contributed by atoms with van der Waals surface area (Å²) in [5, 5.41) is 0. The number of allylic oxidation sites excluding steroid dienone is 2. The summed E-state index contributed by atoms with van der Waals surface area (Å²) in [5.74, 6) is -0.443. The average Bonchev–Trinajstić information content (AvgIpc) is 2.81.